The SMILES string of the molecule is O=C(Cc1ccccc1)c1cc(-c2ccccc2)ccc1F. The number of halogens is 1. The number of Topliss-reactive ketones (excluding diaryl/α,β-unsaturated/α-hetero) is 1. The number of hydrogen-bond donors (Lipinski definition) is 0. The van der Waals surface area contributed by atoms with E-state index in [1.165, 1.54) is 6.07 Å². The summed E-state index contributed by atoms with van der Waals surface area (Å²) >= 11 is 0. The fourth-order valence-corrected chi connectivity index (χ4v) is 2.43. The molecule has 0 aliphatic rings. The third-order valence-corrected chi connectivity index (χ3v) is 3.58. The first-order valence-electron chi connectivity index (χ1n) is 7.16. The lowest BCUT2D eigenvalue weighted by Gasteiger charge is -2.07. The lowest BCUT2D eigenvalue weighted by atomic mass is 9.98. The third kappa shape index (κ3) is 3.12. The van der Waals surface area contributed by atoms with Gasteiger partial charge in [-0.2, -0.15) is 0 Å². The molecule has 3 aromatic carbocycles. The molecule has 0 atom stereocenters. The van der Waals surface area contributed by atoms with Gasteiger partial charge in [0.1, 0.15) is 5.82 Å². The topological polar surface area (TPSA) is 17.1 Å². The Balaban J connectivity index is 1.91. The van der Waals surface area contributed by atoms with Gasteiger partial charge in [-0.1, -0.05) is 66.7 Å². The summed E-state index contributed by atoms with van der Waals surface area (Å²) in [6, 6.07) is 23.7. The van der Waals surface area contributed by atoms with E-state index in [-0.39, 0.29) is 17.8 Å². The lowest BCUT2D eigenvalue weighted by Crippen LogP contribution is -2.06. The van der Waals surface area contributed by atoms with E-state index in [1.54, 1.807) is 12.1 Å². The molecule has 2 heteroatoms. The van der Waals surface area contributed by atoms with E-state index >= 15 is 0 Å². The summed E-state index contributed by atoms with van der Waals surface area (Å²) in [6.45, 7) is 0. The zero-order valence-electron chi connectivity index (χ0n) is 12.0. The fourth-order valence-electron chi connectivity index (χ4n) is 2.43. The normalized spacial score (nSPS) is 10.4. The van der Waals surface area contributed by atoms with Crippen molar-refractivity contribution in [2.45, 2.75) is 6.42 Å². The van der Waals surface area contributed by atoms with Gasteiger partial charge in [0.25, 0.3) is 0 Å². The average Bonchev–Trinajstić information content (AvgIpc) is 2.57. The molecule has 1 nitrogen and oxygen atoms in total. The predicted molar refractivity (Wildman–Crippen MR) is 86.3 cm³/mol. The summed E-state index contributed by atoms with van der Waals surface area (Å²) in [4.78, 5) is 12.4. The van der Waals surface area contributed by atoms with Crippen molar-refractivity contribution < 1.29 is 9.18 Å². The van der Waals surface area contributed by atoms with Gasteiger partial charge in [0.05, 0.1) is 5.56 Å². The van der Waals surface area contributed by atoms with Crippen LogP contribution >= 0.6 is 0 Å². The van der Waals surface area contributed by atoms with Crippen LogP contribution in [-0.2, 0) is 6.42 Å². The fraction of sp³-hybridized carbons (Fsp3) is 0.0500. The Morgan fingerprint density at radius 2 is 1.41 bits per heavy atom. The minimum absolute atomic E-state index is 0.144. The van der Waals surface area contributed by atoms with E-state index in [0.29, 0.717) is 0 Å². The summed E-state index contributed by atoms with van der Waals surface area (Å²) in [7, 11) is 0. The highest BCUT2D eigenvalue weighted by Crippen LogP contribution is 2.23. The van der Waals surface area contributed by atoms with Gasteiger partial charge in [0.2, 0.25) is 0 Å². The van der Waals surface area contributed by atoms with E-state index in [1.807, 2.05) is 60.7 Å². The molecule has 0 spiro atoms. The quantitative estimate of drug-likeness (QED) is 0.623. The summed E-state index contributed by atoms with van der Waals surface area (Å²) in [5, 5.41) is 0. The number of carbonyl (C=O) groups excluding carboxylic acids is 1. The molecule has 0 amide bonds. The van der Waals surface area contributed by atoms with Crippen molar-refractivity contribution in [1.29, 1.82) is 0 Å². The highest BCUT2D eigenvalue weighted by Gasteiger charge is 2.13. The second-order valence-electron chi connectivity index (χ2n) is 5.15. The number of ketones is 1. The maximum absolute atomic E-state index is 14.0. The van der Waals surface area contributed by atoms with E-state index in [0.717, 1.165) is 16.7 Å². The summed E-state index contributed by atoms with van der Waals surface area (Å²) < 4.78 is 14.0. The Bertz CT molecular complexity index is 779. The van der Waals surface area contributed by atoms with Gasteiger partial charge in [-0.25, -0.2) is 4.39 Å². The van der Waals surface area contributed by atoms with Crippen LogP contribution in [0.3, 0.4) is 0 Å². The summed E-state index contributed by atoms with van der Waals surface area (Å²) in [5.41, 5.74) is 2.84. The van der Waals surface area contributed by atoms with E-state index in [2.05, 4.69) is 0 Å². The van der Waals surface area contributed by atoms with Crippen molar-refractivity contribution in [2.24, 2.45) is 0 Å². The van der Waals surface area contributed by atoms with Crippen molar-refractivity contribution in [3.05, 3.63) is 95.8 Å². The minimum atomic E-state index is -0.472. The van der Waals surface area contributed by atoms with Crippen LogP contribution in [0.5, 0.6) is 0 Å². The van der Waals surface area contributed by atoms with Crippen LogP contribution in [0.4, 0.5) is 4.39 Å². The molecule has 108 valence electrons. The van der Waals surface area contributed by atoms with Crippen molar-refractivity contribution in [1.82, 2.24) is 0 Å². The Hall–Kier alpha value is -2.74. The predicted octanol–water partition coefficient (Wildman–Crippen LogP) is 4.92. The molecule has 0 N–H and O–H groups in total. The van der Waals surface area contributed by atoms with E-state index < -0.39 is 5.82 Å². The molecule has 0 bridgehead atoms. The number of hydrogen-bond acceptors (Lipinski definition) is 1. The highest BCUT2D eigenvalue weighted by molar-refractivity contribution is 5.98. The van der Waals surface area contributed by atoms with Gasteiger partial charge in [-0.05, 0) is 28.8 Å². The van der Waals surface area contributed by atoms with Crippen molar-refractivity contribution in [3.63, 3.8) is 0 Å². The molecular weight excluding hydrogens is 275 g/mol. The van der Waals surface area contributed by atoms with Crippen molar-refractivity contribution >= 4 is 5.78 Å². The molecule has 0 saturated heterocycles. The second kappa shape index (κ2) is 6.35. The zero-order valence-corrected chi connectivity index (χ0v) is 12.0. The van der Waals surface area contributed by atoms with Gasteiger partial charge < -0.3 is 0 Å². The van der Waals surface area contributed by atoms with Crippen LogP contribution in [0.1, 0.15) is 15.9 Å². The molecule has 0 saturated carbocycles. The molecule has 22 heavy (non-hydrogen) atoms. The number of rotatable bonds is 4. The Morgan fingerprint density at radius 3 is 2.09 bits per heavy atom. The average molecular weight is 290 g/mol. The molecule has 0 heterocycles. The van der Waals surface area contributed by atoms with Crippen LogP contribution in [0.25, 0.3) is 11.1 Å². The van der Waals surface area contributed by atoms with E-state index in [9.17, 15) is 9.18 Å². The van der Waals surface area contributed by atoms with Crippen molar-refractivity contribution in [3.8, 4) is 11.1 Å². The first-order chi connectivity index (χ1) is 10.7. The Labute approximate surface area is 129 Å². The minimum Gasteiger partial charge on any atom is -0.294 e. The van der Waals surface area contributed by atoms with Crippen LogP contribution in [0, 0.1) is 5.82 Å². The lowest BCUT2D eigenvalue weighted by molar-refractivity contribution is 0.0989. The van der Waals surface area contributed by atoms with Gasteiger partial charge in [0.15, 0.2) is 5.78 Å². The number of carbonyl (C=O) groups is 1. The maximum atomic E-state index is 14.0. The van der Waals surface area contributed by atoms with Crippen LogP contribution in [0.2, 0.25) is 0 Å². The summed E-state index contributed by atoms with van der Waals surface area (Å²) in [6.07, 6.45) is 0.204. The molecule has 0 unspecified atom stereocenters. The third-order valence-electron chi connectivity index (χ3n) is 3.58. The second-order valence-corrected chi connectivity index (χ2v) is 5.15. The molecule has 0 aromatic heterocycles. The molecule has 0 fully saturated rings. The van der Waals surface area contributed by atoms with Gasteiger partial charge in [-0.15, -0.1) is 0 Å². The molecule has 0 radical (unpaired) electrons. The first-order valence-corrected chi connectivity index (χ1v) is 7.16. The molecule has 3 aromatic rings. The Kier molecular flexibility index (Phi) is 4.10. The van der Waals surface area contributed by atoms with Gasteiger partial charge in [-0.3, -0.25) is 4.79 Å². The van der Waals surface area contributed by atoms with Crippen molar-refractivity contribution in [2.75, 3.05) is 0 Å². The zero-order chi connectivity index (χ0) is 15.4. The molecular formula is C20H15FO. The molecule has 3 rings (SSSR count). The smallest absolute Gasteiger partial charge is 0.170 e. The monoisotopic (exact) mass is 290 g/mol. The van der Waals surface area contributed by atoms with Gasteiger partial charge in [0, 0.05) is 6.42 Å². The molecule has 0 aliphatic heterocycles. The molecule has 0 aliphatic carbocycles. The Morgan fingerprint density at radius 1 is 0.773 bits per heavy atom. The first kappa shape index (κ1) is 14.2. The van der Waals surface area contributed by atoms with Crippen LogP contribution in [0.15, 0.2) is 78.9 Å². The standard InChI is InChI=1S/C20H15FO/c21-19-12-11-17(16-9-5-2-6-10-16)14-18(19)20(22)13-15-7-3-1-4-8-15/h1-12,14H,13H2. The van der Waals surface area contributed by atoms with Crippen LogP contribution in [-0.4, -0.2) is 5.78 Å². The maximum Gasteiger partial charge on any atom is 0.170 e. The highest BCUT2D eigenvalue weighted by atomic mass is 19.1. The van der Waals surface area contributed by atoms with Gasteiger partial charge >= 0.3 is 0 Å². The largest absolute Gasteiger partial charge is 0.294 e. The van der Waals surface area contributed by atoms with Crippen LogP contribution < -0.4 is 0 Å². The summed E-state index contributed by atoms with van der Waals surface area (Å²) in [5.74, 6) is -0.679. The van der Waals surface area contributed by atoms with E-state index in [4.69, 9.17) is 0 Å². The number of benzene rings is 3.